The van der Waals surface area contributed by atoms with Crippen LogP contribution in [0.1, 0.15) is 5.56 Å². The van der Waals surface area contributed by atoms with E-state index in [1.54, 1.807) is 6.20 Å². The molecule has 0 aliphatic carbocycles. The van der Waals surface area contributed by atoms with Crippen molar-refractivity contribution in [2.45, 2.75) is 11.8 Å². The predicted octanol–water partition coefficient (Wildman–Crippen LogP) is 1.18. The monoisotopic (exact) mass is 451 g/mol. The number of benzene rings is 1. The molecule has 0 N–H and O–H groups in total. The van der Waals surface area contributed by atoms with Gasteiger partial charge in [0.2, 0.25) is 10.0 Å². The molecule has 2 aromatic rings. The molecular weight excluding hydrogens is 430 g/mol. The Morgan fingerprint density at radius 1 is 1.00 bits per heavy atom. The second kappa shape index (κ2) is 8.39. The number of aromatic nitrogens is 2. The number of nitro benzene ring substituents is 2. The van der Waals surface area contributed by atoms with Gasteiger partial charge in [0.1, 0.15) is 5.56 Å². The lowest BCUT2D eigenvalue weighted by Crippen LogP contribution is -2.49. The summed E-state index contributed by atoms with van der Waals surface area (Å²) in [5.74, 6) is 0.602. The summed E-state index contributed by atoms with van der Waals surface area (Å²) in [4.78, 5) is 24.2. The minimum absolute atomic E-state index is 0.0890. The van der Waals surface area contributed by atoms with Gasteiger partial charge in [-0.2, -0.15) is 9.40 Å². The van der Waals surface area contributed by atoms with Crippen LogP contribution in [0.5, 0.6) is 0 Å². The van der Waals surface area contributed by atoms with Crippen LogP contribution >= 0.6 is 0 Å². The number of hydrogen-bond acceptors (Lipinski definition) is 10. The lowest BCUT2D eigenvalue weighted by Gasteiger charge is -2.34. The van der Waals surface area contributed by atoms with Crippen molar-refractivity contribution in [3.8, 4) is 0 Å². The van der Waals surface area contributed by atoms with Gasteiger partial charge in [0, 0.05) is 58.5 Å². The first-order valence-electron chi connectivity index (χ1n) is 9.21. The molecule has 0 amide bonds. The van der Waals surface area contributed by atoms with Crippen LogP contribution in [0.4, 0.5) is 22.9 Å². The Morgan fingerprint density at radius 3 is 2.03 bits per heavy atom. The van der Waals surface area contributed by atoms with Crippen molar-refractivity contribution in [3.63, 3.8) is 0 Å². The Hall–Kier alpha value is -3.39. The van der Waals surface area contributed by atoms with Gasteiger partial charge in [0.05, 0.1) is 26.6 Å². The fourth-order valence-corrected chi connectivity index (χ4v) is 4.70. The molecule has 2 heterocycles. The first-order chi connectivity index (χ1) is 14.5. The van der Waals surface area contributed by atoms with Gasteiger partial charge in [-0.05, 0) is 6.92 Å². The van der Waals surface area contributed by atoms with Crippen molar-refractivity contribution in [2.24, 2.45) is 0 Å². The van der Waals surface area contributed by atoms with E-state index in [9.17, 15) is 28.6 Å². The molecule has 0 bridgehead atoms. The summed E-state index contributed by atoms with van der Waals surface area (Å²) >= 11 is 0. The molecule has 0 atom stereocenters. The highest BCUT2D eigenvalue weighted by atomic mass is 32.2. The highest BCUT2D eigenvalue weighted by Crippen LogP contribution is 2.33. The zero-order chi connectivity index (χ0) is 22.9. The number of rotatable bonds is 6. The van der Waals surface area contributed by atoms with Gasteiger partial charge in [-0.15, -0.1) is 5.10 Å². The second-order valence-corrected chi connectivity index (χ2v) is 9.10. The summed E-state index contributed by atoms with van der Waals surface area (Å²) in [6.07, 6.45) is 1.61. The molecule has 0 spiro atoms. The maximum atomic E-state index is 13.1. The van der Waals surface area contributed by atoms with Gasteiger partial charge >= 0.3 is 0 Å². The fraction of sp³-hybridized carbons (Fsp3) is 0.412. The van der Waals surface area contributed by atoms with Crippen LogP contribution in [0.15, 0.2) is 29.3 Å². The molecule has 1 aromatic heterocycles. The lowest BCUT2D eigenvalue weighted by molar-refractivity contribution is -0.395. The Labute approximate surface area is 178 Å². The van der Waals surface area contributed by atoms with E-state index in [0.29, 0.717) is 18.9 Å². The molecule has 1 aliphatic heterocycles. The number of hydrogen-bond donors (Lipinski definition) is 0. The Morgan fingerprint density at radius 2 is 1.55 bits per heavy atom. The van der Waals surface area contributed by atoms with E-state index in [1.165, 1.54) is 6.92 Å². The summed E-state index contributed by atoms with van der Waals surface area (Å²) < 4.78 is 27.3. The maximum Gasteiger partial charge on any atom is 0.280 e. The van der Waals surface area contributed by atoms with Gasteiger partial charge in [-0.3, -0.25) is 20.2 Å². The van der Waals surface area contributed by atoms with Crippen molar-refractivity contribution < 1.29 is 18.3 Å². The normalized spacial score (nSPS) is 15.0. The van der Waals surface area contributed by atoms with Crippen LogP contribution in [-0.2, 0) is 10.0 Å². The van der Waals surface area contributed by atoms with E-state index in [4.69, 9.17) is 0 Å². The average Bonchev–Trinajstić information content (AvgIpc) is 2.73. The fourth-order valence-electron chi connectivity index (χ4n) is 3.24. The van der Waals surface area contributed by atoms with Gasteiger partial charge in [-0.1, -0.05) is 0 Å². The van der Waals surface area contributed by atoms with Crippen molar-refractivity contribution in [1.29, 1.82) is 0 Å². The molecule has 166 valence electrons. The molecular formula is C17H21N7O6S. The first-order valence-corrected chi connectivity index (χ1v) is 10.6. The average molecular weight is 451 g/mol. The number of piperazine rings is 1. The third-order valence-corrected chi connectivity index (χ3v) is 6.94. The van der Waals surface area contributed by atoms with Crippen LogP contribution in [0, 0.1) is 27.2 Å². The zero-order valence-electron chi connectivity index (χ0n) is 17.1. The summed E-state index contributed by atoms with van der Waals surface area (Å²) in [7, 11) is -0.432. The van der Waals surface area contributed by atoms with Crippen molar-refractivity contribution in [1.82, 2.24) is 14.5 Å². The van der Waals surface area contributed by atoms with E-state index in [0.717, 1.165) is 22.1 Å². The first kappa shape index (κ1) is 22.3. The minimum atomic E-state index is -4.16. The van der Waals surface area contributed by atoms with Crippen LogP contribution < -0.4 is 9.80 Å². The molecule has 0 radical (unpaired) electrons. The summed E-state index contributed by atoms with van der Waals surface area (Å²) in [5.41, 5.74) is -0.568. The quantitative estimate of drug-likeness (QED) is 0.461. The molecule has 14 heteroatoms. The highest BCUT2D eigenvalue weighted by Gasteiger charge is 2.33. The maximum absolute atomic E-state index is 13.1. The largest absolute Gasteiger partial charge is 0.376 e. The number of anilines is 2. The van der Waals surface area contributed by atoms with Crippen LogP contribution in [-0.4, -0.2) is 73.0 Å². The van der Waals surface area contributed by atoms with Crippen molar-refractivity contribution >= 4 is 32.9 Å². The summed E-state index contributed by atoms with van der Waals surface area (Å²) in [5, 5.41) is 30.6. The molecule has 13 nitrogen and oxygen atoms in total. The molecule has 3 rings (SSSR count). The van der Waals surface area contributed by atoms with E-state index in [1.807, 2.05) is 30.0 Å². The molecule has 1 fully saturated rings. The summed E-state index contributed by atoms with van der Waals surface area (Å²) in [6.45, 7) is 2.04. The molecule has 31 heavy (non-hydrogen) atoms. The Bertz CT molecular complexity index is 1090. The molecule has 0 saturated carbocycles. The standard InChI is InChI=1S/C17H21N7O6S/c1-12-15(23(25)26)9-14(10-16(12)24(27)28)31(29,30)22-6-4-21(5-7-22)17-8-13(20(2)3)11-18-19-17/h8-11H,4-7H2,1-3H3. The van der Waals surface area contributed by atoms with E-state index >= 15 is 0 Å². The zero-order valence-corrected chi connectivity index (χ0v) is 17.9. The van der Waals surface area contributed by atoms with Gasteiger partial charge in [0.15, 0.2) is 5.82 Å². The summed E-state index contributed by atoms with van der Waals surface area (Å²) in [6, 6.07) is 3.58. The Balaban J connectivity index is 1.86. The van der Waals surface area contributed by atoms with Gasteiger partial charge in [-0.25, -0.2) is 8.42 Å². The number of nitrogens with zero attached hydrogens (tertiary/aromatic N) is 7. The van der Waals surface area contributed by atoms with Crippen LogP contribution in [0.2, 0.25) is 0 Å². The van der Waals surface area contributed by atoms with Crippen LogP contribution in [0.3, 0.4) is 0 Å². The smallest absolute Gasteiger partial charge is 0.280 e. The van der Waals surface area contributed by atoms with Crippen LogP contribution in [0.25, 0.3) is 0 Å². The predicted molar refractivity (Wildman–Crippen MR) is 112 cm³/mol. The number of nitro groups is 2. The second-order valence-electron chi connectivity index (χ2n) is 7.16. The third-order valence-electron chi connectivity index (χ3n) is 5.06. The van der Waals surface area contributed by atoms with Gasteiger partial charge < -0.3 is 9.80 Å². The highest BCUT2D eigenvalue weighted by molar-refractivity contribution is 7.89. The SMILES string of the molecule is Cc1c([N+](=O)[O-])cc(S(=O)(=O)N2CCN(c3cc(N(C)C)cnn3)CC2)cc1[N+](=O)[O-]. The molecule has 1 saturated heterocycles. The van der Waals surface area contributed by atoms with E-state index in [-0.39, 0.29) is 18.7 Å². The third kappa shape index (κ3) is 4.39. The minimum Gasteiger partial charge on any atom is -0.376 e. The molecule has 0 unspecified atom stereocenters. The number of sulfonamides is 1. The van der Waals surface area contributed by atoms with Crippen molar-refractivity contribution in [2.75, 3.05) is 50.1 Å². The molecule has 1 aliphatic rings. The van der Waals surface area contributed by atoms with E-state index < -0.39 is 36.1 Å². The van der Waals surface area contributed by atoms with Gasteiger partial charge in [0.25, 0.3) is 11.4 Å². The topological polar surface area (TPSA) is 156 Å². The lowest BCUT2D eigenvalue weighted by atomic mass is 10.1. The van der Waals surface area contributed by atoms with E-state index in [2.05, 4.69) is 10.2 Å². The van der Waals surface area contributed by atoms with Crippen molar-refractivity contribution in [3.05, 3.63) is 50.2 Å². The molecule has 1 aromatic carbocycles. The Kier molecular flexibility index (Phi) is 6.03.